The molecule has 4 heteroatoms. The molecule has 0 heterocycles. The van der Waals surface area contributed by atoms with Gasteiger partial charge in [0.2, 0.25) is 0 Å². The molecule has 0 radical (unpaired) electrons. The molecule has 0 spiro atoms. The molecule has 0 saturated heterocycles. The predicted octanol–water partition coefficient (Wildman–Crippen LogP) is 2.44. The molecule has 0 aliphatic rings. The van der Waals surface area contributed by atoms with Gasteiger partial charge in [-0.3, -0.25) is 0 Å². The van der Waals surface area contributed by atoms with Crippen molar-refractivity contribution < 1.29 is 13.5 Å². The first-order chi connectivity index (χ1) is 7.03. The minimum absolute atomic E-state index is 0.00713. The highest BCUT2D eigenvalue weighted by atomic mass is 19.3. The SMILES string of the molecule is COc1cccc(C(F)(F)CCN)c1C. The summed E-state index contributed by atoms with van der Waals surface area (Å²) in [5.74, 6) is -2.41. The zero-order valence-electron chi connectivity index (χ0n) is 8.89. The van der Waals surface area contributed by atoms with Crippen LogP contribution in [0.3, 0.4) is 0 Å². The number of methoxy groups -OCH3 is 1. The van der Waals surface area contributed by atoms with Gasteiger partial charge in [0.15, 0.2) is 0 Å². The first-order valence-electron chi connectivity index (χ1n) is 4.75. The van der Waals surface area contributed by atoms with E-state index in [1.165, 1.54) is 13.2 Å². The molecule has 1 rings (SSSR count). The number of benzene rings is 1. The predicted molar refractivity (Wildman–Crippen MR) is 55.3 cm³/mol. The van der Waals surface area contributed by atoms with E-state index in [1.807, 2.05) is 0 Å². The molecule has 0 unspecified atom stereocenters. The lowest BCUT2D eigenvalue weighted by Gasteiger charge is -2.19. The third-order valence-electron chi connectivity index (χ3n) is 2.36. The molecule has 15 heavy (non-hydrogen) atoms. The van der Waals surface area contributed by atoms with Crippen LogP contribution >= 0.6 is 0 Å². The molecule has 0 saturated carbocycles. The van der Waals surface area contributed by atoms with E-state index in [4.69, 9.17) is 10.5 Å². The fourth-order valence-electron chi connectivity index (χ4n) is 1.55. The van der Waals surface area contributed by atoms with Crippen molar-refractivity contribution in [1.82, 2.24) is 0 Å². The molecular weight excluding hydrogens is 200 g/mol. The minimum Gasteiger partial charge on any atom is -0.496 e. The lowest BCUT2D eigenvalue weighted by Crippen LogP contribution is -2.20. The van der Waals surface area contributed by atoms with Crippen molar-refractivity contribution >= 4 is 0 Å². The minimum atomic E-state index is -2.88. The van der Waals surface area contributed by atoms with Crippen LogP contribution in [0.4, 0.5) is 8.78 Å². The number of hydrogen-bond donors (Lipinski definition) is 1. The molecular formula is C11H15F2NO. The van der Waals surface area contributed by atoms with E-state index in [2.05, 4.69) is 0 Å². The molecule has 0 atom stereocenters. The summed E-state index contributed by atoms with van der Waals surface area (Å²) in [5.41, 5.74) is 5.63. The number of nitrogens with two attached hydrogens (primary N) is 1. The average Bonchev–Trinajstić information content (AvgIpc) is 2.17. The van der Waals surface area contributed by atoms with Crippen LogP contribution in [0.2, 0.25) is 0 Å². The van der Waals surface area contributed by atoms with Crippen LogP contribution < -0.4 is 10.5 Å². The maximum absolute atomic E-state index is 13.6. The molecule has 0 aliphatic heterocycles. The van der Waals surface area contributed by atoms with Gasteiger partial charge in [0, 0.05) is 17.5 Å². The molecule has 0 amide bonds. The molecule has 0 aromatic heterocycles. The van der Waals surface area contributed by atoms with E-state index in [1.54, 1.807) is 19.1 Å². The largest absolute Gasteiger partial charge is 0.496 e. The molecule has 1 aromatic carbocycles. The molecule has 2 nitrogen and oxygen atoms in total. The number of ether oxygens (including phenoxy) is 1. The van der Waals surface area contributed by atoms with Gasteiger partial charge in [0.1, 0.15) is 5.75 Å². The molecule has 84 valence electrons. The summed E-state index contributed by atoms with van der Waals surface area (Å²) in [5, 5.41) is 0. The van der Waals surface area contributed by atoms with Gasteiger partial charge in [-0.25, -0.2) is 8.78 Å². The first-order valence-corrected chi connectivity index (χ1v) is 4.75. The van der Waals surface area contributed by atoms with E-state index in [9.17, 15) is 8.78 Å². The Bertz CT molecular complexity index is 339. The van der Waals surface area contributed by atoms with Gasteiger partial charge in [-0.05, 0) is 19.5 Å². The van der Waals surface area contributed by atoms with Crippen molar-refractivity contribution in [3.8, 4) is 5.75 Å². The first kappa shape index (κ1) is 11.9. The fraction of sp³-hybridized carbons (Fsp3) is 0.455. The monoisotopic (exact) mass is 215 g/mol. The van der Waals surface area contributed by atoms with E-state index in [0.29, 0.717) is 11.3 Å². The summed E-state index contributed by atoms with van der Waals surface area (Å²) in [6.45, 7) is 1.59. The second kappa shape index (κ2) is 4.57. The number of rotatable bonds is 4. The van der Waals surface area contributed by atoms with Gasteiger partial charge < -0.3 is 10.5 Å². The normalized spacial score (nSPS) is 11.5. The number of halogens is 2. The maximum Gasteiger partial charge on any atom is 0.274 e. The zero-order valence-corrected chi connectivity index (χ0v) is 8.89. The van der Waals surface area contributed by atoms with Crippen molar-refractivity contribution in [3.05, 3.63) is 29.3 Å². The summed E-state index contributed by atoms with van der Waals surface area (Å²) in [6, 6.07) is 4.64. The molecule has 2 N–H and O–H groups in total. The van der Waals surface area contributed by atoms with Crippen LogP contribution in [-0.4, -0.2) is 13.7 Å². The van der Waals surface area contributed by atoms with Crippen molar-refractivity contribution in [2.24, 2.45) is 5.73 Å². The van der Waals surface area contributed by atoms with Crippen molar-refractivity contribution in [2.75, 3.05) is 13.7 Å². The van der Waals surface area contributed by atoms with Gasteiger partial charge >= 0.3 is 0 Å². The highest BCUT2D eigenvalue weighted by Crippen LogP contribution is 2.36. The topological polar surface area (TPSA) is 35.2 Å². The second-order valence-electron chi connectivity index (χ2n) is 3.38. The van der Waals surface area contributed by atoms with E-state index >= 15 is 0 Å². The van der Waals surface area contributed by atoms with Gasteiger partial charge in [0.05, 0.1) is 7.11 Å². The van der Waals surface area contributed by atoms with Crippen molar-refractivity contribution in [1.29, 1.82) is 0 Å². The smallest absolute Gasteiger partial charge is 0.274 e. The number of hydrogen-bond acceptors (Lipinski definition) is 2. The lowest BCUT2D eigenvalue weighted by atomic mass is 9.99. The van der Waals surface area contributed by atoms with Gasteiger partial charge in [0.25, 0.3) is 5.92 Å². The Labute approximate surface area is 88.0 Å². The van der Waals surface area contributed by atoms with Gasteiger partial charge in [-0.15, -0.1) is 0 Å². The maximum atomic E-state index is 13.6. The average molecular weight is 215 g/mol. The summed E-state index contributed by atoms with van der Waals surface area (Å²) in [6.07, 6.45) is -0.346. The Kier molecular flexibility index (Phi) is 3.63. The van der Waals surface area contributed by atoms with Crippen molar-refractivity contribution in [3.63, 3.8) is 0 Å². The summed E-state index contributed by atoms with van der Waals surface area (Å²) < 4.78 is 32.2. The molecule has 0 aliphatic carbocycles. The Morgan fingerprint density at radius 3 is 2.60 bits per heavy atom. The summed E-state index contributed by atoms with van der Waals surface area (Å²) in [7, 11) is 1.47. The van der Waals surface area contributed by atoms with E-state index in [0.717, 1.165) is 0 Å². The number of alkyl halides is 2. The van der Waals surface area contributed by atoms with Gasteiger partial charge in [-0.2, -0.15) is 0 Å². The van der Waals surface area contributed by atoms with E-state index < -0.39 is 5.92 Å². The van der Waals surface area contributed by atoms with Crippen LogP contribution in [0.15, 0.2) is 18.2 Å². The highest BCUT2D eigenvalue weighted by molar-refractivity contribution is 5.41. The Balaban J connectivity index is 3.14. The lowest BCUT2D eigenvalue weighted by molar-refractivity contribution is -0.0115. The molecule has 1 aromatic rings. The van der Waals surface area contributed by atoms with Crippen LogP contribution in [0, 0.1) is 6.92 Å². The summed E-state index contributed by atoms with van der Waals surface area (Å²) in [4.78, 5) is 0. The Hall–Kier alpha value is -1.16. The van der Waals surface area contributed by atoms with E-state index in [-0.39, 0.29) is 18.5 Å². The standard InChI is InChI=1S/C11H15F2NO/c1-8-9(11(12,13)6-7-14)4-3-5-10(8)15-2/h3-5H,6-7,14H2,1-2H3. The quantitative estimate of drug-likeness (QED) is 0.837. The van der Waals surface area contributed by atoms with Crippen LogP contribution in [0.5, 0.6) is 5.75 Å². The Morgan fingerprint density at radius 1 is 1.40 bits per heavy atom. The third kappa shape index (κ3) is 2.45. The molecule has 0 fully saturated rings. The van der Waals surface area contributed by atoms with Crippen LogP contribution in [0.25, 0.3) is 0 Å². The fourth-order valence-corrected chi connectivity index (χ4v) is 1.55. The van der Waals surface area contributed by atoms with Crippen molar-refractivity contribution in [2.45, 2.75) is 19.3 Å². The Morgan fingerprint density at radius 2 is 2.07 bits per heavy atom. The van der Waals surface area contributed by atoms with Crippen LogP contribution in [0.1, 0.15) is 17.5 Å². The highest BCUT2D eigenvalue weighted by Gasteiger charge is 2.32. The second-order valence-corrected chi connectivity index (χ2v) is 3.38. The third-order valence-corrected chi connectivity index (χ3v) is 2.36. The zero-order chi connectivity index (χ0) is 11.5. The van der Waals surface area contributed by atoms with Gasteiger partial charge in [-0.1, -0.05) is 12.1 Å². The van der Waals surface area contributed by atoms with Crippen LogP contribution in [-0.2, 0) is 5.92 Å². The summed E-state index contributed by atoms with van der Waals surface area (Å²) >= 11 is 0. The molecule has 0 bridgehead atoms.